The molecule has 4 rings (SSSR count). The number of hydrogen-bond acceptors (Lipinski definition) is 4. The molecule has 37 heavy (non-hydrogen) atoms. The molecule has 2 aromatic carbocycles. The highest BCUT2D eigenvalue weighted by Crippen LogP contribution is 2.30. The minimum Gasteiger partial charge on any atom is -0.390 e. The second kappa shape index (κ2) is 12.0. The third kappa shape index (κ3) is 6.43. The second-order valence-corrected chi connectivity index (χ2v) is 9.86. The fourth-order valence-electron chi connectivity index (χ4n) is 5.20. The molecule has 0 radical (unpaired) electrons. The standard InChI is InChI=1S/C29H36F2N4O2/c1-4-19-9-10-21-7-6-8-25(24(21)13-19)32-17-27(36)26(14-20-11-22(30)15-23(31)12-20)34-29(37)28-18(3)16-33-35(28)5-2/h9-13,15-16,25-27,32,36H,4-8,14,17H2,1-3H3,(H,34,37)/t25-,26-,27+/m0/s1. The molecule has 198 valence electrons. The lowest BCUT2D eigenvalue weighted by Crippen LogP contribution is -2.49. The molecule has 0 saturated heterocycles. The highest BCUT2D eigenvalue weighted by molar-refractivity contribution is 5.94. The molecule has 1 aliphatic rings. The zero-order valence-electron chi connectivity index (χ0n) is 21.7. The molecule has 1 aliphatic carbocycles. The molecule has 6 nitrogen and oxygen atoms in total. The molecule has 1 amide bonds. The monoisotopic (exact) mass is 510 g/mol. The van der Waals surface area contributed by atoms with Crippen molar-refractivity contribution < 1.29 is 18.7 Å². The van der Waals surface area contributed by atoms with Crippen LogP contribution in [0.15, 0.2) is 42.6 Å². The molecule has 0 spiro atoms. The number of fused-ring (bicyclic) bond motifs is 1. The number of rotatable bonds is 10. The molecular weight excluding hydrogens is 474 g/mol. The molecule has 0 unspecified atom stereocenters. The Morgan fingerprint density at radius 1 is 1.16 bits per heavy atom. The van der Waals surface area contributed by atoms with Gasteiger partial charge in [-0.3, -0.25) is 9.48 Å². The van der Waals surface area contributed by atoms with Gasteiger partial charge in [-0.05, 0) is 85.9 Å². The van der Waals surface area contributed by atoms with Crippen LogP contribution in [-0.2, 0) is 25.8 Å². The first-order valence-electron chi connectivity index (χ1n) is 13.1. The van der Waals surface area contributed by atoms with Crippen LogP contribution in [0.4, 0.5) is 8.78 Å². The number of aryl methyl sites for hydroxylation is 4. The fraction of sp³-hybridized carbons (Fsp3) is 0.448. The largest absolute Gasteiger partial charge is 0.390 e. The number of aromatic nitrogens is 2. The average molecular weight is 511 g/mol. The van der Waals surface area contributed by atoms with Crippen LogP contribution in [0.1, 0.15) is 71.0 Å². The zero-order valence-corrected chi connectivity index (χ0v) is 21.7. The van der Waals surface area contributed by atoms with Crippen LogP contribution in [0.2, 0.25) is 0 Å². The lowest BCUT2D eigenvalue weighted by Gasteiger charge is -2.30. The molecule has 1 aromatic heterocycles. The maximum Gasteiger partial charge on any atom is 0.270 e. The molecule has 0 aliphatic heterocycles. The molecule has 0 saturated carbocycles. The van der Waals surface area contributed by atoms with Gasteiger partial charge < -0.3 is 15.7 Å². The minimum atomic E-state index is -0.992. The number of carbonyl (C=O) groups excluding carboxylic acids is 1. The van der Waals surface area contributed by atoms with E-state index in [4.69, 9.17) is 0 Å². The summed E-state index contributed by atoms with van der Waals surface area (Å²) < 4.78 is 29.4. The molecule has 0 fully saturated rings. The summed E-state index contributed by atoms with van der Waals surface area (Å²) in [6.07, 6.45) is 4.70. The van der Waals surface area contributed by atoms with E-state index in [0.717, 1.165) is 31.7 Å². The molecular formula is C29H36F2N4O2. The fourth-order valence-corrected chi connectivity index (χ4v) is 5.20. The maximum absolute atomic E-state index is 13.9. The van der Waals surface area contributed by atoms with E-state index in [-0.39, 0.29) is 24.9 Å². The van der Waals surface area contributed by atoms with Crippen LogP contribution in [0.5, 0.6) is 0 Å². The lowest BCUT2D eigenvalue weighted by atomic mass is 9.86. The van der Waals surface area contributed by atoms with Gasteiger partial charge >= 0.3 is 0 Å². The van der Waals surface area contributed by atoms with Crippen molar-refractivity contribution >= 4 is 5.91 Å². The van der Waals surface area contributed by atoms with Gasteiger partial charge in [0.1, 0.15) is 17.3 Å². The van der Waals surface area contributed by atoms with Crippen molar-refractivity contribution in [2.75, 3.05) is 6.54 Å². The van der Waals surface area contributed by atoms with Crippen LogP contribution in [0.25, 0.3) is 0 Å². The van der Waals surface area contributed by atoms with E-state index >= 15 is 0 Å². The van der Waals surface area contributed by atoms with Crippen molar-refractivity contribution in [2.45, 2.75) is 77.6 Å². The molecule has 3 N–H and O–H groups in total. The lowest BCUT2D eigenvalue weighted by molar-refractivity contribution is 0.0812. The summed E-state index contributed by atoms with van der Waals surface area (Å²) in [5.74, 6) is -1.77. The number of benzene rings is 2. The first-order chi connectivity index (χ1) is 17.8. The summed E-state index contributed by atoms with van der Waals surface area (Å²) in [6.45, 7) is 6.55. The van der Waals surface area contributed by atoms with E-state index in [0.29, 0.717) is 23.4 Å². The molecule has 0 bridgehead atoms. The summed E-state index contributed by atoms with van der Waals surface area (Å²) in [5.41, 5.74) is 5.33. The Morgan fingerprint density at radius 2 is 1.92 bits per heavy atom. The summed E-state index contributed by atoms with van der Waals surface area (Å²) in [4.78, 5) is 13.2. The van der Waals surface area contributed by atoms with E-state index in [9.17, 15) is 18.7 Å². The van der Waals surface area contributed by atoms with Gasteiger partial charge in [-0.2, -0.15) is 5.10 Å². The quantitative estimate of drug-likeness (QED) is 0.377. The van der Waals surface area contributed by atoms with Crippen LogP contribution in [-0.4, -0.2) is 39.5 Å². The minimum absolute atomic E-state index is 0.0732. The van der Waals surface area contributed by atoms with Crippen molar-refractivity contribution in [3.63, 3.8) is 0 Å². The third-order valence-corrected chi connectivity index (χ3v) is 7.20. The van der Waals surface area contributed by atoms with Crippen LogP contribution in [0, 0.1) is 18.6 Å². The van der Waals surface area contributed by atoms with Gasteiger partial charge in [0, 0.05) is 25.2 Å². The predicted molar refractivity (Wildman–Crippen MR) is 139 cm³/mol. The van der Waals surface area contributed by atoms with Gasteiger partial charge in [0.25, 0.3) is 5.91 Å². The van der Waals surface area contributed by atoms with E-state index in [1.54, 1.807) is 17.8 Å². The van der Waals surface area contributed by atoms with Gasteiger partial charge in [0.05, 0.1) is 18.3 Å². The number of carbonyl (C=O) groups is 1. The van der Waals surface area contributed by atoms with Crippen molar-refractivity contribution in [3.05, 3.63) is 87.7 Å². The van der Waals surface area contributed by atoms with Crippen LogP contribution in [0.3, 0.4) is 0 Å². The Balaban J connectivity index is 1.53. The number of nitrogens with one attached hydrogen (secondary N) is 2. The number of nitrogens with zero attached hydrogens (tertiary/aromatic N) is 2. The Kier molecular flexibility index (Phi) is 8.71. The van der Waals surface area contributed by atoms with Crippen molar-refractivity contribution in [2.24, 2.45) is 0 Å². The third-order valence-electron chi connectivity index (χ3n) is 7.20. The highest BCUT2D eigenvalue weighted by atomic mass is 19.1. The number of aliphatic hydroxyl groups is 1. The molecule has 8 heteroatoms. The maximum atomic E-state index is 13.9. The Hall–Kier alpha value is -3.10. The summed E-state index contributed by atoms with van der Waals surface area (Å²) >= 11 is 0. The first-order valence-corrected chi connectivity index (χ1v) is 13.1. The van der Waals surface area contributed by atoms with Crippen LogP contribution >= 0.6 is 0 Å². The Labute approximate surface area is 217 Å². The number of hydrogen-bond donors (Lipinski definition) is 3. The van der Waals surface area contributed by atoms with Gasteiger partial charge in [0.15, 0.2) is 0 Å². The molecule has 1 heterocycles. The van der Waals surface area contributed by atoms with E-state index in [1.165, 1.54) is 28.8 Å². The predicted octanol–water partition coefficient (Wildman–Crippen LogP) is 4.42. The van der Waals surface area contributed by atoms with E-state index in [1.807, 2.05) is 6.92 Å². The van der Waals surface area contributed by atoms with E-state index < -0.39 is 23.8 Å². The molecule has 3 aromatic rings. The zero-order chi connectivity index (χ0) is 26.5. The summed E-state index contributed by atoms with van der Waals surface area (Å²) in [7, 11) is 0. The SMILES string of the molecule is CCc1ccc2c(c1)[C@@H](NC[C@@H](O)[C@H](Cc1cc(F)cc(F)c1)NC(=O)c1c(C)cnn1CC)CCC2. The first kappa shape index (κ1) is 26.9. The van der Waals surface area contributed by atoms with Crippen molar-refractivity contribution in [1.29, 1.82) is 0 Å². The Morgan fingerprint density at radius 3 is 2.62 bits per heavy atom. The highest BCUT2D eigenvalue weighted by Gasteiger charge is 2.27. The smallest absolute Gasteiger partial charge is 0.270 e. The van der Waals surface area contributed by atoms with Gasteiger partial charge in [-0.25, -0.2) is 8.78 Å². The number of halogens is 2. The van der Waals surface area contributed by atoms with Crippen molar-refractivity contribution in [1.82, 2.24) is 20.4 Å². The van der Waals surface area contributed by atoms with E-state index in [2.05, 4.69) is 40.9 Å². The van der Waals surface area contributed by atoms with Gasteiger partial charge in [-0.1, -0.05) is 25.1 Å². The summed E-state index contributed by atoms with van der Waals surface area (Å²) in [6, 6.07) is 9.19. The topological polar surface area (TPSA) is 79.2 Å². The molecule has 3 atom stereocenters. The van der Waals surface area contributed by atoms with Gasteiger partial charge in [-0.15, -0.1) is 0 Å². The Bertz CT molecular complexity index is 1220. The summed E-state index contributed by atoms with van der Waals surface area (Å²) in [5, 5.41) is 21.9. The number of aliphatic hydroxyl groups excluding tert-OH is 1. The van der Waals surface area contributed by atoms with Gasteiger partial charge in [0.2, 0.25) is 0 Å². The van der Waals surface area contributed by atoms with Crippen LogP contribution < -0.4 is 10.6 Å². The second-order valence-electron chi connectivity index (χ2n) is 9.86. The number of amides is 1. The normalized spacial score (nSPS) is 16.8. The van der Waals surface area contributed by atoms with Crippen molar-refractivity contribution in [3.8, 4) is 0 Å². The average Bonchev–Trinajstić information content (AvgIpc) is 3.26.